The van der Waals surface area contributed by atoms with Gasteiger partial charge in [-0.3, -0.25) is 9.59 Å². The van der Waals surface area contributed by atoms with Crippen molar-refractivity contribution in [3.05, 3.63) is 28.8 Å². The molecule has 0 bridgehead atoms. The molecule has 1 aromatic carbocycles. The summed E-state index contributed by atoms with van der Waals surface area (Å²) < 4.78 is 24.9. The number of benzene rings is 1. The predicted octanol–water partition coefficient (Wildman–Crippen LogP) is 1.23. The van der Waals surface area contributed by atoms with E-state index in [1.54, 1.807) is 23.1 Å². The van der Waals surface area contributed by atoms with Gasteiger partial charge in [-0.05, 0) is 31.0 Å². The number of carbonyl (C=O) groups is 2. The van der Waals surface area contributed by atoms with Gasteiger partial charge in [0, 0.05) is 38.3 Å². The normalized spacial score (nSPS) is 20.2. The Morgan fingerprint density at radius 1 is 1.24 bits per heavy atom. The largest absolute Gasteiger partial charge is 0.351 e. The van der Waals surface area contributed by atoms with Crippen LogP contribution >= 0.6 is 11.6 Å². The summed E-state index contributed by atoms with van der Waals surface area (Å²) in [5.74, 6) is -0.179. The number of nitrogens with one attached hydrogen (secondary N) is 1. The molecular formula is C16H20ClN3O4S. The van der Waals surface area contributed by atoms with Gasteiger partial charge in [0.1, 0.15) is 0 Å². The highest BCUT2D eigenvalue weighted by atomic mass is 35.5. The van der Waals surface area contributed by atoms with Gasteiger partial charge in [-0.15, -0.1) is 0 Å². The summed E-state index contributed by atoms with van der Waals surface area (Å²) in [5.41, 5.74) is 0.933. The highest BCUT2D eigenvalue weighted by Gasteiger charge is 2.28. The first-order chi connectivity index (χ1) is 11.9. The van der Waals surface area contributed by atoms with E-state index in [4.69, 9.17) is 11.6 Å². The van der Waals surface area contributed by atoms with Gasteiger partial charge in [-0.2, -0.15) is 0 Å². The average molecular weight is 386 g/mol. The molecule has 1 aromatic rings. The third-order valence-electron chi connectivity index (χ3n) is 4.43. The molecule has 3 rings (SSSR count). The molecule has 7 nitrogen and oxygen atoms in total. The molecule has 2 amide bonds. The monoisotopic (exact) mass is 385 g/mol. The van der Waals surface area contributed by atoms with Gasteiger partial charge in [0.05, 0.1) is 16.3 Å². The summed E-state index contributed by atoms with van der Waals surface area (Å²) in [7, 11) is -3.17. The van der Waals surface area contributed by atoms with E-state index in [2.05, 4.69) is 5.32 Å². The zero-order valence-electron chi connectivity index (χ0n) is 13.7. The first-order valence-electron chi connectivity index (χ1n) is 8.24. The maximum atomic E-state index is 12.4. The van der Waals surface area contributed by atoms with Crippen molar-refractivity contribution < 1.29 is 18.0 Å². The Morgan fingerprint density at radius 3 is 2.68 bits per heavy atom. The van der Waals surface area contributed by atoms with Crippen LogP contribution in [0.25, 0.3) is 0 Å². The number of rotatable bonds is 5. The first-order valence-corrected chi connectivity index (χ1v) is 10.2. The van der Waals surface area contributed by atoms with Crippen LogP contribution in [0.3, 0.4) is 0 Å². The highest BCUT2D eigenvalue weighted by molar-refractivity contribution is 7.89. The third kappa shape index (κ3) is 3.96. The Balaban J connectivity index is 1.64. The summed E-state index contributed by atoms with van der Waals surface area (Å²) in [6.45, 7) is 1.58. The number of anilines is 1. The number of hydrogen-bond acceptors (Lipinski definition) is 4. The summed E-state index contributed by atoms with van der Waals surface area (Å²) in [4.78, 5) is 25.9. The Kier molecular flexibility index (Phi) is 5.31. The Morgan fingerprint density at radius 2 is 2.04 bits per heavy atom. The van der Waals surface area contributed by atoms with E-state index >= 15 is 0 Å². The van der Waals surface area contributed by atoms with Crippen LogP contribution in [0.4, 0.5) is 5.69 Å². The van der Waals surface area contributed by atoms with Crippen molar-refractivity contribution in [3.8, 4) is 0 Å². The van der Waals surface area contributed by atoms with Crippen LogP contribution in [0, 0.1) is 0 Å². The number of sulfonamides is 1. The van der Waals surface area contributed by atoms with E-state index in [1.807, 2.05) is 0 Å². The van der Waals surface area contributed by atoms with Crippen LogP contribution in [0.2, 0.25) is 5.02 Å². The third-order valence-corrected chi connectivity index (χ3v) is 6.72. The standard InChI is InChI=1S/C16H20ClN3O4S/c17-14-5-4-12(20-8-1-3-15(20)21)11-13(14)16(22)18-6-9-19-7-2-10-25(19,23)24/h4-5,11H,1-3,6-10H2,(H,18,22). The molecule has 0 aromatic heterocycles. The number of nitrogens with zero attached hydrogens (tertiary/aromatic N) is 2. The SMILES string of the molecule is O=C(NCCN1CCCS1(=O)=O)c1cc(N2CCCC2=O)ccc1Cl. The summed E-state index contributed by atoms with van der Waals surface area (Å²) in [5, 5.41) is 2.99. The van der Waals surface area contributed by atoms with Crippen molar-refractivity contribution in [3.63, 3.8) is 0 Å². The fraction of sp³-hybridized carbons (Fsp3) is 0.500. The second kappa shape index (κ2) is 7.31. The van der Waals surface area contributed by atoms with Gasteiger partial charge in [0.25, 0.3) is 5.91 Å². The van der Waals surface area contributed by atoms with Crippen molar-refractivity contribution in [2.45, 2.75) is 19.3 Å². The molecule has 2 aliphatic rings. The van der Waals surface area contributed by atoms with Crippen molar-refractivity contribution in [2.75, 3.05) is 36.8 Å². The number of carbonyl (C=O) groups excluding carboxylic acids is 2. The van der Waals surface area contributed by atoms with E-state index in [1.165, 1.54) is 4.31 Å². The van der Waals surface area contributed by atoms with E-state index in [-0.39, 0.29) is 36.2 Å². The second-order valence-electron chi connectivity index (χ2n) is 6.14. The maximum absolute atomic E-state index is 12.4. The van der Waals surface area contributed by atoms with Gasteiger partial charge >= 0.3 is 0 Å². The van der Waals surface area contributed by atoms with E-state index in [9.17, 15) is 18.0 Å². The van der Waals surface area contributed by atoms with Gasteiger partial charge in [-0.1, -0.05) is 11.6 Å². The molecule has 136 valence electrons. The van der Waals surface area contributed by atoms with E-state index < -0.39 is 10.0 Å². The zero-order chi connectivity index (χ0) is 18.0. The lowest BCUT2D eigenvalue weighted by Gasteiger charge is -2.18. The molecule has 0 spiro atoms. The number of halogens is 1. The molecule has 25 heavy (non-hydrogen) atoms. The van der Waals surface area contributed by atoms with Crippen LogP contribution in [0.15, 0.2) is 18.2 Å². The van der Waals surface area contributed by atoms with Crippen LogP contribution < -0.4 is 10.2 Å². The van der Waals surface area contributed by atoms with Gasteiger partial charge in [0.15, 0.2) is 0 Å². The lowest BCUT2D eigenvalue weighted by molar-refractivity contribution is -0.117. The summed E-state index contributed by atoms with van der Waals surface area (Å²) in [6.07, 6.45) is 1.93. The average Bonchev–Trinajstić information content (AvgIpc) is 3.13. The zero-order valence-corrected chi connectivity index (χ0v) is 15.3. The van der Waals surface area contributed by atoms with Crippen LogP contribution in [-0.2, 0) is 14.8 Å². The second-order valence-corrected chi connectivity index (χ2v) is 8.63. The van der Waals surface area contributed by atoms with Crippen LogP contribution in [-0.4, -0.2) is 56.5 Å². The molecular weight excluding hydrogens is 366 g/mol. The lowest BCUT2D eigenvalue weighted by atomic mass is 10.1. The maximum Gasteiger partial charge on any atom is 0.252 e. The molecule has 2 saturated heterocycles. The van der Waals surface area contributed by atoms with Gasteiger partial charge in [-0.25, -0.2) is 12.7 Å². The molecule has 2 aliphatic heterocycles. The smallest absolute Gasteiger partial charge is 0.252 e. The van der Waals surface area contributed by atoms with Gasteiger partial charge in [0.2, 0.25) is 15.9 Å². The van der Waals surface area contributed by atoms with Crippen molar-refractivity contribution >= 4 is 39.1 Å². The Hall–Kier alpha value is -1.64. The van der Waals surface area contributed by atoms with Crippen molar-refractivity contribution in [1.82, 2.24) is 9.62 Å². The minimum absolute atomic E-state index is 0.0351. The number of hydrogen-bond donors (Lipinski definition) is 1. The number of amides is 2. The molecule has 2 heterocycles. The Labute approximate surface area is 152 Å². The first kappa shape index (κ1) is 18.2. The molecule has 0 unspecified atom stereocenters. The molecule has 0 aliphatic carbocycles. The predicted molar refractivity (Wildman–Crippen MR) is 95.3 cm³/mol. The topological polar surface area (TPSA) is 86.8 Å². The molecule has 1 N–H and O–H groups in total. The molecule has 0 radical (unpaired) electrons. The van der Waals surface area contributed by atoms with Crippen molar-refractivity contribution in [2.24, 2.45) is 0 Å². The van der Waals surface area contributed by atoms with E-state index in [0.717, 1.165) is 6.42 Å². The quantitative estimate of drug-likeness (QED) is 0.825. The minimum atomic E-state index is -3.17. The summed E-state index contributed by atoms with van der Waals surface area (Å²) >= 11 is 6.11. The summed E-state index contributed by atoms with van der Waals surface area (Å²) in [6, 6.07) is 4.93. The minimum Gasteiger partial charge on any atom is -0.351 e. The van der Waals surface area contributed by atoms with Crippen molar-refractivity contribution in [1.29, 1.82) is 0 Å². The Bertz CT molecular complexity index is 797. The molecule has 9 heteroatoms. The highest BCUT2D eigenvalue weighted by Crippen LogP contribution is 2.26. The fourth-order valence-electron chi connectivity index (χ4n) is 3.11. The molecule has 0 saturated carbocycles. The van der Waals surface area contributed by atoms with Gasteiger partial charge < -0.3 is 10.2 Å². The van der Waals surface area contributed by atoms with Crippen LogP contribution in [0.1, 0.15) is 29.6 Å². The fourth-order valence-corrected chi connectivity index (χ4v) is 4.84. The molecule has 2 fully saturated rings. The van der Waals surface area contributed by atoms with E-state index in [0.29, 0.717) is 36.6 Å². The molecule has 0 atom stereocenters. The lowest BCUT2D eigenvalue weighted by Crippen LogP contribution is -2.36. The van der Waals surface area contributed by atoms with Crippen LogP contribution in [0.5, 0.6) is 0 Å².